The smallest absolute Gasteiger partial charge is 0.178 e. The summed E-state index contributed by atoms with van der Waals surface area (Å²) in [5, 5.41) is 4.32. The molecule has 0 spiro atoms. The van der Waals surface area contributed by atoms with Crippen LogP contribution in [-0.2, 0) is 9.13 Å². The van der Waals surface area contributed by atoms with Gasteiger partial charge < -0.3 is 18.6 Å². The Hall–Kier alpha value is -7.03. The van der Waals surface area contributed by atoms with Gasteiger partial charge in [-0.25, -0.2) is 4.98 Å². The second-order valence-electron chi connectivity index (χ2n) is 17.0. The summed E-state index contributed by atoms with van der Waals surface area (Å²) in [6.07, 6.45) is 0. The lowest BCUT2D eigenvalue weighted by molar-refractivity contribution is 0.484. The van der Waals surface area contributed by atoms with Crippen LogP contribution in [-0.4, -0.2) is 4.98 Å². The monoisotopic (exact) mass is 867 g/mol. The SMILES string of the molecule is Cc1ccc2c(c1)P(=O)(c1ccc(-c3cc(-c4ccc(-c5ccccc5)cc4)cc(-c4ccc(P5(=O)c6cc(C)ccc6Oc6ccc(C)cc65)cc4)n3)cc1)c1cc(C)ccc1O2. The normalized spacial score (nSPS) is 13.9. The Kier molecular flexibility index (Phi) is 9.54. The van der Waals surface area contributed by atoms with E-state index in [2.05, 4.69) is 60.7 Å². The molecule has 0 fully saturated rings. The summed E-state index contributed by atoms with van der Waals surface area (Å²) in [4.78, 5) is 5.30. The molecule has 0 amide bonds. The zero-order valence-corrected chi connectivity index (χ0v) is 37.7. The van der Waals surface area contributed by atoms with Crippen LogP contribution in [0.1, 0.15) is 22.3 Å². The van der Waals surface area contributed by atoms with Gasteiger partial charge in [0.2, 0.25) is 0 Å². The Balaban J connectivity index is 1.02. The van der Waals surface area contributed by atoms with E-state index in [0.717, 1.165) is 77.6 Å². The van der Waals surface area contributed by atoms with Crippen molar-refractivity contribution >= 4 is 46.1 Å². The van der Waals surface area contributed by atoms with Crippen LogP contribution in [0, 0.1) is 27.7 Å². The Morgan fingerprint density at radius 1 is 0.328 bits per heavy atom. The third kappa shape index (κ3) is 6.67. The van der Waals surface area contributed by atoms with Crippen molar-refractivity contribution in [3.63, 3.8) is 0 Å². The van der Waals surface area contributed by atoms with Crippen molar-refractivity contribution in [2.24, 2.45) is 0 Å². The molecule has 0 saturated heterocycles. The van der Waals surface area contributed by atoms with Crippen LogP contribution in [0.5, 0.6) is 23.0 Å². The first-order chi connectivity index (χ1) is 31.0. The molecule has 0 unspecified atom stereocenters. The maximum Gasteiger partial charge on any atom is 0.178 e. The molecule has 1 aromatic heterocycles. The van der Waals surface area contributed by atoms with E-state index in [-0.39, 0.29) is 0 Å². The molecular formula is C57H43NO4P2. The topological polar surface area (TPSA) is 65.5 Å². The standard InChI is InChI=1S/C57H43NO4P2/c1-36-10-26-50-54(30-36)63(59,55-31-37(2)11-27-51(55)61-50)46-22-18-43(19-23-46)48-34-45(42-16-14-41(15-17-42)40-8-6-5-7-9-40)35-49(58-48)44-20-24-47(25-21-44)64(60)56-32-38(3)12-28-52(56)62-53-29-13-39(4)33-57(53)64/h5-35H,1-4H3. The zero-order chi connectivity index (χ0) is 43.7. The van der Waals surface area contributed by atoms with Crippen LogP contribution >= 0.6 is 14.3 Å². The van der Waals surface area contributed by atoms with Gasteiger partial charge in [-0.05, 0) is 111 Å². The molecule has 0 N–H and O–H groups in total. The highest BCUT2D eigenvalue weighted by molar-refractivity contribution is 7.86. The summed E-state index contributed by atoms with van der Waals surface area (Å²) in [5.41, 5.74) is 11.8. The van der Waals surface area contributed by atoms with Crippen molar-refractivity contribution in [2.75, 3.05) is 0 Å². The first kappa shape index (κ1) is 39.8. The van der Waals surface area contributed by atoms with E-state index in [1.165, 1.54) is 0 Å². The van der Waals surface area contributed by atoms with Crippen LogP contribution in [0.4, 0.5) is 0 Å². The van der Waals surface area contributed by atoms with Crippen molar-refractivity contribution in [2.45, 2.75) is 27.7 Å². The minimum absolute atomic E-state index is 0.623. The number of ether oxygens (including phenoxy) is 2. The van der Waals surface area contributed by atoms with Crippen molar-refractivity contribution in [3.05, 3.63) is 210 Å². The lowest BCUT2D eigenvalue weighted by Gasteiger charge is -2.29. The largest absolute Gasteiger partial charge is 0.456 e. The number of aromatic nitrogens is 1. The predicted octanol–water partition coefficient (Wildman–Crippen LogP) is 12.5. The van der Waals surface area contributed by atoms with Crippen LogP contribution in [0.15, 0.2) is 188 Å². The molecule has 2 aliphatic rings. The summed E-state index contributed by atoms with van der Waals surface area (Å²) in [6, 6.07) is 63.0. The molecule has 11 rings (SSSR count). The summed E-state index contributed by atoms with van der Waals surface area (Å²) >= 11 is 0. The van der Waals surface area contributed by atoms with Gasteiger partial charge >= 0.3 is 0 Å². The van der Waals surface area contributed by atoms with Gasteiger partial charge in [0.05, 0.1) is 32.6 Å². The quantitative estimate of drug-likeness (QED) is 0.156. The highest BCUT2D eigenvalue weighted by atomic mass is 31.2. The second kappa shape index (κ2) is 15.3. The number of fused-ring (bicyclic) bond motifs is 4. The average Bonchev–Trinajstić information content (AvgIpc) is 3.33. The number of pyridine rings is 1. The number of hydrogen-bond acceptors (Lipinski definition) is 5. The summed E-state index contributed by atoms with van der Waals surface area (Å²) in [5.74, 6) is 2.49. The molecule has 3 heterocycles. The lowest BCUT2D eigenvalue weighted by Crippen LogP contribution is -2.31. The Morgan fingerprint density at radius 2 is 0.641 bits per heavy atom. The fourth-order valence-corrected chi connectivity index (χ4v) is 15.1. The van der Waals surface area contributed by atoms with E-state index in [9.17, 15) is 0 Å². The third-order valence-corrected chi connectivity index (χ3v) is 18.6. The third-order valence-electron chi connectivity index (χ3n) is 12.5. The van der Waals surface area contributed by atoms with Gasteiger partial charge in [0, 0.05) is 21.7 Å². The highest BCUT2D eigenvalue weighted by Crippen LogP contribution is 2.53. The fourth-order valence-electron chi connectivity index (χ4n) is 9.05. The molecule has 9 aromatic rings. The minimum Gasteiger partial charge on any atom is -0.456 e. The van der Waals surface area contributed by atoms with Gasteiger partial charge in [0.25, 0.3) is 0 Å². The number of benzene rings is 8. The summed E-state index contributed by atoms with van der Waals surface area (Å²) in [6.45, 7) is 8.07. The Morgan fingerprint density at radius 3 is 1.00 bits per heavy atom. The van der Waals surface area contributed by atoms with E-state index in [1.54, 1.807) is 0 Å². The second-order valence-corrected chi connectivity index (χ2v) is 22.4. The first-order valence-corrected chi connectivity index (χ1v) is 24.9. The summed E-state index contributed by atoms with van der Waals surface area (Å²) < 4.78 is 44.0. The molecule has 310 valence electrons. The lowest BCUT2D eigenvalue weighted by atomic mass is 9.97. The number of aryl methyl sites for hydroxylation is 4. The molecule has 64 heavy (non-hydrogen) atoms. The maximum absolute atomic E-state index is 15.7. The van der Waals surface area contributed by atoms with Gasteiger partial charge in [-0.3, -0.25) is 0 Å². The highest BCUT2D eigenvalue weighted by Gasteiger charge is 2.41. The van der Waals surface area contributed by atoms with Crippen LogP contribution in [0.25, 0.3) is 44.8 Å². The van der Waals surface area contributed by atoms with Crippen molar-refractivity contribution in [1.82, 2.24) is 4.98 Å². The molecule has 0 radical (unpaired) electrons. The molecule has 7 heteroatoms. The minimum atomic E-state index is -3.30. The molecule has 0 bridgehead atoms. The van der Waals surface area contributed by atoms with Gasteiger partial charge in [-0.1, -0.05) is 150 Å². The maximum atomic E-state index is 15.7. The fraction of sp³-hybridized carbons (Fsp3) is 0.0702. The molecule has 8 aromatic carbocycles. The van der Waals surface area contributed by atoms with E-state index < -0.39 is 14.3 Å². The van der Waals surface area contributed by atoms with Gasteiger partial charge in [-0.15, -0.1) is 0 Å². The zero-order valence-electron chi connectivity index (χ0n) is 35.9. The van der Waals surface area contributed by atoms with Crippen LogP contribution in [0.2, 0.25) is 0 Å². The molecular weight excluding hydrogens is 825 g/mol. The number of nitrogens with zero attached hydrogens (tertiary/aromatic N) is 1. The van der Waals surface area contributed by atoms with Gasteiger partial charge in [0.15, 0.2) is 14.3 Å². The number of rotatable bonds is 6. The van der Waals surface area contributed by atoms with Crippen molar-refractivity contribution in [1.29, 1.82) is 0 Å². The number of hydrogen-bond donors (Lipinski definition) is 0. The van der Waals surface area contributed by atoms with E-state index >= 15 is 9.13 Å². The van der Waals surface area contributed by atoms with E-state index in [4.69, 9.17) is 14.5 Å². The molecule has 0 aliphatic carbocycles. The summed E-state index contributed by atoms with van der Waals surface area (Å²) in [7, 11) is -6.60. The van der Waals surface area contributed by atoms with E-state index in [1.807, 2.05) is 155 Å². The Labute approximate surface area is 373 Å². The van der Waals surface area contributed by atoms with Gasteiger partial charge in [-0.2, -0.15) is 0 Å². The van der Waals surface area contributed by atoms with E-state index in [0.29, 0.717) is 44.2 Å². The molecule has 0 atom stereocenters. The first-order valence-electron chi connectivity index (χ1n) is 21.5. The molecule has 5 nitrogen and oxygen atoms in total. The molecule has 0 saturated carbocycles. The van der Waals surface area contributed by atoms with Crippen molar-refractivity contribution in [3.8, 4) is 67.8 Å². The predicted molar refractivity (Wildman–Crippen MR) is 264 cm³/mol. The van der Waals surface area contributed by atoms with Crippen LogP contribution < -0.4 is 41.3 Å². The average molecular weight is 868 g/mol. The Bertz CT molecular complexity index is 3120. The van der Waals surface area contributed by atoms with Crippen molar-refractivity contribution < 1.29 is 18.6 Å². The molecule has 2 aliphatic heterocycles. The van der Waals surface area contributed by atoms with Gasteiger partial charge in [0.1, 0.15) is 23.0 Å². The van der Waals surface area contributed by atoms with Crippen LogP contribution in [0.3, 0.4) is 0 Å².